The first kappa shape index (κ1) is 34.6. The van der Waals surface area contributed by atoms with Crippen LogP contribution in [0.5, 0.6) is 0 Å². The number of rotatable bonds is 6. The van der Waals surface area contributed by atoms with E-state index < -0.39 is 0 Å². The molecule has 2 aliphatic rings. The lowest BCUT2D eigenvalue weighted by Crippen LogP contribution is -2.22. The van der Waals surface area contributed by atoms with E-state index >= 15 is 0 Å². The third kappa shape index (κ3) is 4.88. The zero-order valence-corrected chi connectivity index (χ0v) is 33.6. The summed E-state index contributed by atoms with van der Waals surface area (Å²) in [5, 5.41) is 2.28. The van der Waals surface area contributed by atoms with Crippen molar-refractivity contribution in [1.29, 1.82) is 0 Å². The van der Waals surface area contributed by atoms with Gasteiger partial charge in [0.1, 0.15) is 11.2 Å². The molecule has 0 saturated heterocycles. The summed E-state index contributed by atoms with van der Waals surface area (Å²) in [6, 6.07) is 77.9. The van der Waals surface area contributed by atoms with Crippen LogP contribution < -0.4 is 4.90 Å². The fraction of sp³-hybridized carbons (Fsp3) is 0.0690. The van der Waals surface area contributed by atoms with Crippen LogP contribution >= 0.6 is 0 Å². The predicted octanol–water partition coefficient (Wildman–Crippen LogP) is 15.4. The van der Waals surface area contributed by atoms with Gasteiger partial charge in [0.2, 0.25) is 0 Å². The first-order chi connectivity index (χ1) is 29.5. The van der Waals surface area contributed by atoms with E-state index in [9.17, 15) is 0 Å². The van der Waals surface area contributed by atoms with Crippen molar-refractivity contribution in [1.82, 2.24) is 0 Å². The van der Waals surface area contributed by atoms with Crippen molar-refractivity contribution in [3.63, 3.8) is 0 Å². The largest absolute Gasteiger partial charge is 0.456 e. The van der Waals surface area contributed by atoms with Gasteiger partial charge >= 0.3 is 0 Å². The molecule has 0 saturated carbocycles. The van der Waals surface area contributed by atoms with E-state index in [1.54, 1.807) is 0 Å². The first-order valence-corrected chi connectivity index (χ1v) is 20.9. The van der Waals surface area contributed by atoms with Gasteiger partial charge in [-0.1, -0.05) is 164 Å². The molecular weight excluding hydrogens is 727 g/mol. The van der Waals surface area contributed by atoms with Gasteiger partial charge in [-0.25, -0.2) is 0 Å². The minimum atomic E-state index is -0.317. The summed E-state index contributed by atoms with van der Waals surface area (Å²) in [7, 11) is 0. The maximum Gasteiger partial charge on any atom is 0.136 e. The maximum absolute atomic E-state index is 6.31. The van der Waals surface area contributed by atoms with E-state index in [1.807, 2.05) is 12.1 Å². The maximum atomic E-state index is 6.31. The van der Waals surface area contributed by atoms with Gasteiger partial charge in [0, 0.05) is 38.5 Å². The fourth-order valence-electron chi connectivity index (χ4n) is 10.6. The van der Waals surface area contributed by atoms with E-state index in [0.717, 1.165) is 50.1 Å². The molecule has 1 heterocycles. The normalized spacial score (nSPS) is 17.3. The van der Waals surface area contributed by atoms with E-state index in [0.29, 0.717) is 0 Å². The number of anilines is 3. The summed E-state index contributed by atoms with van der Waals surface area (Å²) in [5.41, 5.74) is 19.9. The minimum Gasteiger partial charge on any atom is -0.456 e. The van der Waals surface area contributed by atoms with Gasteiger partial charge in [-0.15, -0.1) is 0 Å². The molecule has 0 N–H and O–H groups in total. The molecule has 2 heteroatoms. The molecule has 0 amide bonds. The molecule has 0 fully saturated rings. The number of hydrogen-bond acceptors (Lipinski definition) is 2. The lowest BCUT2D eigenvalue weighted by Gasteiger charge is -2.31. The summed E-state index contributed by atoms with van der Waals surface area (Å²) in [4.78, 5) is 2.49. The molecule has 2 atom stereocenters. The highest BCUT2D eigenvalue weighted by Gasteiger charge is 2.43. The van der Waals surface area contributed by atoms with Crippen molar-refractivity contribution in [2.45, 2.75) is 24.7 Å². The molecule has 2 aliphatic carbocycles. The van der Waals surface area contributed by atoms with Gasteiger partial charge in [0.25, 0.3) is 0 Å². The second-order valence-corrected chi connectivity index (χ2v) is 16.7. The summed E-state index contributed by atoms with van der Waals surface area (Å²) in [6.45, 7) is 4.78. The number of benzene rings is 9. The Kier molecular flexibility index (Phi) is 7.52. The quantitative estimate of drug-likeness (QED) is 0.168. The van der Waals surface area contributed by atoms with Crippen LogP contribution in [0.3, 0.4) is 0 Å². The van der Waals surface area contributed by atoms with Gasteiger partial charge in [-0.05, 0) is 124 Å². The van der Waals surface area contributed by atoms with Crippen LogP contribution in [0.1, 0.15) is 47.2 Å². The SMILES string of the molecule is CC1(c2ccccc2)c2ccccc2-c2cc(N(c3ccc(-c4ccc5c(c4)oc4ccccc45)cc3)c3cccc4c3-c3ccccc3C4(C)c3ccccc3)ccc21. The molecule has 12 rings (SSSR count). The molecule has 60 heavy (non-hydrogen) atoms. The molecule has 2 unspecified atom stereocenters. The molecule has 1 aromatic heterocycles. The van der Waals surface area contributed by atoms with Crippen molar-refractivity contribution >= 4 is 39.0 Å². The molecule has 0 aliphatic heterocycles. The standard InChI is InChI=1S/C58H41NO/c1-57(40-16-5-3-6-17-40)49-23-12-9-20-44(49)48-37-43(33-35-51(48)57)59(42-31-28-38(29-32-42)39-30-34-46-45-21-11-14-27-54(45)60-55(46)36-39)53-26-15-25-52-56(53)47-22-10-13-24-50(47)58(52,2)41-18-7-4-8-19-41/h3-37H,1-2H3. The van der Waals surface area contributed by atoms with E-state index in [-0.39, 0.29) is 10.8 Å². The van der Waals surface area contributed by atoms with Crippen LogP contribution in [0.2, 0.25) is 0 Å². The fourth-order valence-corrected chi connectivity index (χ4v) is 10.6. The van der Waals surface area contributed by atoms with E-state index in [1.165, 1.54) is 55.6 Å². The Labute approximate surface area is 350 Å². The topological polar surface area (TPSA) is 16.4 Å². The highest BCUT2D eigenvalue weighted by atomic mass is 16.3. The van der Waals surface area contributed by atoms with Crippen LogP contribution in [0, 0.1) is 0 Å². The Hall–Kier alpha value is -7.42. The summed E-state index contributed by atoms with van der Waals surface area (Å²) in [6.07, 6.45) is 0. The zero-order valence-electron chi connectivity index (χ0n) is 33.6. The summed E-state index contributed by atoms with van der Waals surface area (Å²) < 4.78 is 6.31. The van der Waals surface area contributed by atoms with Gasteiger partial charge < -0.3 is 9.32 Å². The lowest BCUT2D eigenvalue weighted by atomic mass is 9.74. The average Bonchev–Trinajstić information content (AvgIpc) is 3.91. The second kappa shape index (κ2) is 13.0. The number of furan rings is 1. The van der Waals surface area contributed by atoms with E-state index in [2.05, 4.69) is 219 Å². The third-order valence-electron chi connectivity index (χ3n) is 13.7. The molecule has 284 valence electrons. The Balaban J connectivity index is 1.06. The highest BCUT2D eigenvalue weighted by molar-refractivity contribution is 6.06. The van der Waals surface area contributed by atoms with Crippen LogP contribution in [-0.2, 0) is 10.8 Å². The molecule has 0 bridgehead atoms. The van der Waals surface area contributed by atoms with Crippen molar-refractivity contribution in [3.8, 4) is 33.4 Å². The third-order valence-corrected chi connectivity index (χ3v) is 13.7. The van der Waals surface area contributed by atoms with Crippen LogP contribution in [0.4, 0.5) is 17.1 Å². The van der Waals surface area contributed by atoms with E-state index in [4.69, 9.17) is 4.42 Å². The van der Waals surface area contributed by atoms with Crippen molar-refractivity contribution < 1.29 is 4.42 Å². The monoisotopic (exact) mass is 767 g/mol. The van der Waals surface area contributed by atoms with Crippen LogP contribution in [-0.4, -0.2) is 0 Å². The lowest BCUT2D eigenvalue weighted by molar-refractivity contribution is 0.669. The van der Waals surface area contributed by atoms with Crippen LogP contribution in [0.25, 0.3) is 55.3 Å². The molecule has 10 aromatic rings. The Morgan fingerprint density at radius 3 is 1.67 bits per heavy atom. The smallest absolute Gasteiger partial charge is 0.136 e. The first-order valence-electron chi connectivity index (χ1n) is 20.9. The second-order valence-electron chi connectivity index (χ2n) is 16.7. The Morgan fingerprint density at radius 1 is 0.367 bits per heavy atom. The number of para-hydroxylation sites is 1. The number of hydrogen-bond donors (Lipinski definition) is 0. The molecule has 0 radical (unpaired) electrons. The molecule has 9 aromatic carbocycles. The van der Waals surface area contributed by atoms with Gasteiger partial charge in [-0.2, -0.15) is 0 Å². The van der Waals surface area contributed by atoms with Crippen molar-refractivity contribution in [2.75, 3.05) is 4.90 Å². The van der Waals surface area contributed by atoms with Gasteiger partial charge in [0.05, 0.1) is 5.69 Å². The average molecular weight is 768 g/mol. The number of fused-ring (bicyclic) bond motifs is 9. The van der Waals surface area contributed by atoms with Gasteiger partial charge in [-0.3, -0.25) is 0 Å². The summed E-state index contributed by atoms with van der Waals surface area (Å²) in [5.74, 6) is 0. The summed E-state index contributed by atoms with van der Waals surface area (Å²) >= 11 is 0. The minimum absolute atomic E-state index is 0.274. The molecular formula is C58H41NO. The Bertz CT molecular complexity index is 3290. The molecule has 0 spiro atoms. The van der Waals surface area contributed by atoms with Crippen LogP contribution in [0.15, 0.2) is 217 Å². The van der Waals surface area contributed by atoms with Gasteiger partial charge in [0.15, 0.2) is 0 Å². The van der Waals surface area contributed by atoms with Crippen molar-refractivity contribution in [2.24, 2.45) is 0 Å². The number of nitrogens with zero attached hydrogens (tertiary/aromatic N) is 1. The molecule has 2 nitrogen and oxygen atoms in total. The Morgan fingerprint density at radius 2 is 0.917 bits per heavy atom. The zero-order chi connectivity index (χ0) is 40.0. The predicted molar refractivity (Wildman–Crippen MR) is 249 cm³/mol. The highest BCUT2D eigenvalue weighted by Crippen LogP contribution is 2.58. The van der Waals surface area contributed by atoms with Crippen molar-refractivity contribution in [3.05, 3.63) is 246 Å².